The number of likely N-dealkylation sites (tertiary alicyclic amines) is 1. The maximum absolute atomic E-state index is 12.9. The molecule has 1 aromatic carbocycles. The fourth-order valence-electron chi connectivity index (χ4n) is 3.60. The van der Waals surface area contributed by atoms with Crippen molar-refractivity contribution in [3.05, 3.63) is 65.8 Å². The summed E-state index contributed by atoms with van der Waals surface area (Å²) in [5, 5.41) is 3.08. The molecule has 3 heterocycles. The summed E-state index contributed by atoms with van der Waals surface area (Å²) >= 11 is 1.67. The van der Waals surface area contributed by atoms with E-state index in [2.05, 4.69) is 10.2 Å². The quantitative estimate of drug-likeness (QED) is 0.824. The lowest BCUT2D eigenvalue weighted by Crippen LogP contribution is -2.38. The number of carbonyl (C=O) groups is 1. The summed E-state index contributed by atoms with van der Waals surface area (Å²) < 4.78 is 11.4. The summed E-state index contributed by atoms with van der Waals surface area (Å²) in [6.45, 7) is 3.13. The molecule has 1 amide bonds. The van der Waals surface area contributed by atoms with E-state index in [1.807, 2.05) is 42.5 Å². The van der Waals surface area contributed by atoms with Gasteiger partial charge in [0.25, 0.3) is 5.91 Å². The average Bonchev–Trinajstić information content (AvgIpc) is 3.43. The van der Waals surface area contributed by atoms with Crippen molar-refractivity contribution in [3.63, 3.8) is 0 Å². The molecule has 1 N–H and O–H groups in total. The molecule has 0 radical (unpaired) electrons. The maximum Gasteiger partial charge on any atom is 0.287 e. The molecule has 4 rings (SSSR count). The Hall–Kier alpha value is -2.18. The summed E-state index contributed by atoms with van der Waals surface area (Å²) in [5.74, 6) is 2.02. The first-order valence-corrected chi connectivity index (χ1v) is 10.4. The van der Waals surface area contributed by atoms with Crippen molar-refractivity contribution >= 4 is 22.6 Å². The van der Waals surface area contributed by atoms with Gasteiger partial charge in [-0.05, 0) is 43.6 Å². The standard InChI is InChI=1S/C21H24N2O3S/c24-21(19-20(27-14-13-26-19)16-7-2-1-3-8-16)22-15-17(18-9-6-12-25-18)23-10-4-5-11-23/h1-3,6-9,12,17H,4-5,10-11,13-15H2,(H,22,24)/t17-/m1/s1. The molecule has 1 atom stereocenters. The fourth-order valence-corrected chi connectivity index (χ4v) is 4.56. The molecule has 1 fully saturated rings. The summed E-state index contributed by atoms with van der Waals surface area (Å²) in [6, 6.07) is 13.9. The predicted octanol–water partition coefficient (Wildman–Crippen LogP) is 3.66. The van der Waals surface area contributed by atoms with E-state index in [9.17, 15) is 4.79 Å². The second-order valence-corrected chi connectivity index (χ2v) is 7.81. The number of nitrogens with one attached hydrogen (secondary N) is 1. The van der Waals surface area contributed by atoms with Crippen LogP contribution in [0.2, 0.25) is 0 Å². The van der Waals surface area contributed by atoms with Crippen LogP contribution >= 0.6 is 11.8 Å². The predicted molar refractivity (Wildman–Crippen MR) is 107 cm³/mol. The number of benzene rings is 1. The number of hydrogen-bond acceptors (Lipinski definition) is 5. The number of furan rings is 1. The summed E-state index contributed by atoms with van der Waals surface area (Å²) in [5.41, 5.74) is 1.02. The molecule has 6 heteroatoms. The molecule has 0 spiro atoms. The molecule has 142 valence electrons. The lowest BCUT2D eigenvalue weighted by atomic mass is 10.1. The van der Waals surface area contributed by atoms with Gasteiger partial charge in [-0.15, -0.1) is 11.8 Å². The van der Waals surface area contributed by atoms with Crippen molar-refractivity contribution in [1.29, 1.82) is 0 Å². The van der Waals surface area contributed by atoms with Crippen LogP contribution < -0.4 is 5.32 Å². The van der Waals surface area contributed by atoms with Gasteiger partial charge in [0.05, 0.1) is 23.8 Å². The number of ether oxygens (including phenoxy) is 1. The lowest BCUT2D eigenvalue weighted by Gasteiger charge is -2.27. The Bertz CT molecular complexity index is 783. The molecular weight excluding hydrogens is 360 g/mol. The van der Waals surface area contributed by atoms with Crippen LogP contribution in [0.3, 0.4) is 0 Å². The van der Waals surface area contributed by atoms with Crippen molar-refractivity contribution in [2.24, 2.45) is 0 Å². The van der Waals surface area contributed by atoms with Crippen LogP contribution in [0, 0.1) is 0 Å². The third kappa shape index (κ3) is 4.22. The third-order valence-corrected chi connectivity index (χ3v) is 6.01. The monoisotopic (exact) mass is 384 g/mol. The zero-order valence-electron chi connectivity index (χ0n) is 15.2. The minimum atomic E-state index is -0.156. The molecule has 5 nitrogen and oxygen atoms in total. The number of rotatable bonds is 6. The van der Waals surface area contributed by atoms with Gasteiger partial charge in [-0.2, -0.15) is 0 Å². The van der Waals surface area contributed by atoms with E-state index in [4.69, 9.17) is 9.15 Å². The Kier molecular flexibility index (Phi) is 5.84. The zero-order chi connectivity index (χ0) is 18.5. The van der Waals surface area contributed by atoms with Crippen LogP contribution in [0.5, 0.6) is 0 Å². The Morgan fingerprint density at radius 1 is 1.15 bits per heavy atom. The number of carbonyl (C=O) groups excluding carboxylic acids is 1. The number of thioether (sulfide) groups is 1. The highest BCUT2D eigenvalue weighted by Gasteiger charge is 2.28. The van der Waals surface area contributed by atoms with Gasteiger partial charge in [-0.3, -0.25) is 9.69 Å². The number of amides is 1. The van der Waals surface area contributed by atoms with E-state index in [0.717, 1.165) is 35.1 Å². The van der Waals surface area contributed by atoms with Gasteiger partial charge in [-0.1, -0.05) is 30.3 Å². The van der Waals surface area contributed by atoms with Crippen molar-refractivity contribution < 1.29 is 13.9 Å². The molecule has 27 heavy (non-hydrogen) atoms. The van der Waals surface area contributed by atoms with Gasteiger partial charge in [0, 0.05) is 12.3 Å². The van der Waals surface area contributed by atoms with Crippen LogP contribution in [0.4, 0.5) is 0 Å². The van der Waals surface area contributed by atoms with Gasteiger partial charge >= 0.3 is 0 Å². The second kappa shape index (κ2) is 8.67. The molecule has 1 saturated heterocycles. The zero-order valence-corrected chi connectivity index (χ0v) is 16.0. The lowest BCUT2D eigenvalue weighted by molar-refractivity contribution is -0.121. The van der Waals surface area contributed by atoms with Gasteiger partial charge in [0.15, 0.2) is 5.76 Å². The van der Waals surface area contributed by atoms with E-state index in [1.165, 1.54) is 12.8 Å². The first kappa shape index (κ1) is 18.2. The van der Waals surface area contributed by atoms with E-state index in [1.54, 1.807) is 18.0 Å². The Morgan fingerprint density at radius 2 is 1.96 bits per heavy atom. The normalized spacial score (nSPS) is 19.0. The van der Waals surface area contributed by atoms with Gasteiger partial charge in [-0.25, -0.2) is 0 Å². The van der Waals surface area contributed by atoms with Crippen molar-refractivity contribution in [2.45, 2.75) is 18.9 Å². The van der Waals surface area contributed by atoms with E-state index >= 15 is 0 Å². The van der Waals surface area contributed by atoms with Gasteiger partial charge in [0.1, 0.15) is 5.76 Å². The Balaban J connectivity index is 1.50. The van der Waals surface area contributed by atoms with Crippen LogP contribution in [0.1, 0.15) is 30.2 Å². The van der Waals surface area contributed by atoms with Crippen molar-refractivity contribution in [1.82, 2.24) is 10.2 Å². The van der Waals surface area contributed by atoms with Crippen LogP contribution in [-0.4, -0.2) is 42.8 Å². The molecule has 1 aromatic heterocycles. The van der Waals surface area contributed by atoms with E-state index in [-0.39, 0.29) is 11.9 Å². The topological polar surface area (TPSA) is 54.7 Å². The van der Waals surface area contributed by atoms with Crippen LogP contribution in [0.15, 0.2) is 58.9 Å². The summed E-state index contributed by atoms with van der Waals surface area (Å²) in [7, 11) is 0. The molecule has 2 aromatic rings. The second-order valence-electron chi connectivity index (χ2n) is 6.71. The SMILES string of the molecule is O=C(NC[C@H](c1ccco1)N1CCCC1)C1=C(c2ccccc2)SCCO1. The molecule has 0 unspecified atom stereocenters. The largest absolute Gasteiger partial charge is 0.486 e. The Morgan fingerprint density at radius 3 is 2.70 bits per heavy atom. The van der Waals surface area contributed by atoms with Crippen LogP contribution in [-0.2, 0) is 9.53 Å². The maximum atomic E-state index is 12.9. The summed E-state index contributed by atoms with van der Waals surface area (Å²) in [4.78, 5) is 16.2. The fraction of sp³-hybridized carbons (Fsp3) is 0.381. The van der Waals surface area contributed by atoms with Crippen molar-refractivity contribution in [2.75, 3.05) is 32.0 Å². The smallest absolute Gasteiger partial charge is 0.287 e. The molecule has 2 aliphatic heterocycles. The molecular formula is C21H24N2O3S. The number of nitrogens with zero attached hydrogens (tertiary/aromatic N) is 1. The van der Waals surface area contributed by atoms with Gasteiger partial charge < -0.3 is 14.5 Å². The minimum Gasteiger partial charge on any atom is -0.486 e. The highest BCUT2D eigenvalue weighted by molar-refractivity contribution is 8.08. The van der Waals surface area contributed by atoms with E-state index in [0.29, 0.717) is 18.9 Å². The van der Waals surface area contributed by atoms with Crippen molar-refractivity contribution in [3.8, 4) is 0 Å². The third-order valence-electron chi connectivity index (χ3n) is 4.93. The van der Waals surface area contributed by atoms with Crippen LogP contribution in [0.25, 0.3) is 4.91 Å². The molecule has 0 saturated carbocycles. The Labute approximate surface area is 163 Å². The first-order valence-electron chi connectivity index (χ1n) is 9.44. The molecule has 2 aliphatic rings. The molecule has 0 bridgehead atoms. The highest BCUT2D eigenvalue weighted by atomic mass is 32.2. The van der Waals surface area contributed by atoms with E-state index < -0.39 is 0 Å². The first-order chi connectivity index (χ1) is 13.3. The minimum absolute atomic E-state index is 0.0588. The molecule has 0 aliphatic carbocycles. The van der Waals surface area contributed by atoms with Gasteiger partial charge in [0.2, 0.25) is 0 Å². The average molecular weight is 385 g/mol. The summed E-state index contributed by atoms with van der Waals surface area (Å²) in [6.07, 6.45) is 4.07. The highest BCUT2D eigenvalue weighted by Crippen LogP contribution is 2.34. The number of hydrogen-bond donors (Lipinski definition) is 1.